The normalized spacial score (nSPS) is 13.0. The standard InChI is InChI=1S/C15H22N2O/c1-4-18-15(2,3)12-17-14(10-11-16)13-8-6-5-7-9-13/h5-9,14,17H,4,10,12H2,1-3H3. The zero-order valence-corrected chi connectivity index (χ0v) is 11.4. The van der Waals surface area contributed by atoms with E-state index in [4.69, 9.17) is 10.00 Å². The molecule has 3 heteroatoms. The maximum absolute atomic E-state index is 8.91. The highest BCUT2D eigenvalue weighted by Gasteiger charge is 2.20. The van der Waals surface area contributed by atoms with Crippen LogP contribution >= 0.6 is 0 Å². The third-order valence-electron chi connectivity index (χ3n) is 2.81. The Kier molecular flexibility index (Phi) is 5.84. The molecule has 0 saturated heterocycles. The van der Waals surface area contributed by atoms with Gasteiger partial charge in [-0.25, -0.2) is 0 Å². The molecule has 0 spiro atoms. The second-order valence-corrected chi connectivity index (χ2v) is 4.90. The van der Waals surface area contributed by atoms with E-state index in [1.807, 2.05) is 37.3 Å². The van der Waals surface area contributed by atoms with Crippen LogP contribution in [-0.4, -0.2) is 18.8 Å². The molecule has 1 N–H and O–H groups in total. The van der Waals surface area contributed by atoms with Gasteiger partial charge in [0.15, 0.2) is 0 Å². The highest BCUT2D eigenvalue weighted by Crippen LogP contribution is 2.17. The van der Waals surface area contributed by atoms with E-state index in [0.717, 1.165) is 12.1 Å². The fraction of sp³-hybridized carbons (Fsp3) is 0.533. The molecule has 1 rings (SSSR count). The molecule has 0 aliphatic rings. The van der Waals surface area contributed by atoms with Gasteiger partial charge in [0.05, 0.1) is 18.1 Å². The monoisotopic (exact) mass is 246 g/mol. The number of ether oxygens (including phenoxy) is 1. The van der Waals surface area contributed by atoms with Crippen molar-refractivity contribution in [3.63, 3.8) is 0 Å². The smallest absolute Gasteiger partial charge is 0.0750 e. The number of nitrogens with one attached hydrogen (secondary N) is 1. The third-order valence-corrected chi connectivity index (χ3v) is 2.81. The Morgan fingerprint density at radius 3 is 2.56 bits per heavy atom. The summed E-state index contributed by atoms with van der Waals surface area (Å²) in [6.07, 6.45) is 0.465. The Bertz CT molecular complexity index is 381. The van der Waals surface area contributed by atoms with Gasteiger partial charge in [-0.15, -0.1) is 0 Å². The number of rotatable bonds is 7. The van der Waals surface area contributed by atoms with Crippen LogP contribution in [0.25, 0.3) is 0 Å². The maximum Gasteiger partial charge on any atom is 0.0750 e. The molecular formula is C15H22N2O. The first-order valence-electron chi connectivity index (χ1n) is 6.38. The molecule has 0 amide bonds. The van der Waals surface area contributed by atoms with Crippen molar-refractivity contribution in [1.29, 1.82) is 5.26 Å². The summed E-state index contributed by atoms with van der Waals surface area (Å²) in [4.78, 5) is 0. The van der Waals surface area contributed by atoms with E-state index >= 15 is 0 Å². The first-order valence-corrected chi connectivity index (χ1v) is 6.38. The van der Waals surface area contributed by atoms with Gasteiger partial charge in [0, 0.05) is 19.2 Å². The summed E-state index contributed by atoms with van der Waals surface area (Å²) >= 11 is 0. The summed E-state index contributed by atoms with van der Waals surface area (Å²) in [5, 5.41) is 12.3. The molecule has 1 aromatic rings. The molecular weight excluding hydrogens is 224 g/mol. The van der Waals surface area contributed by atoms with Crippen LogP contribution in [0.4, 0.5) is 0 Å². The van der Waals surface area contributed by atoms with Crippen molar-refractivity contribution in [2.24, 2.45) is 0 Å². The lowest BCUT2D eigenvalue weighted by molar-refractivity contribution is -0.0105. The van der Waals surface area contributed by atoms with Crippen LogP contribution in [0, 0.1) is 11.3 Å². The Balaban J connectivity index is 2.62. The molecule has 0 bridgehead atoms. The van der Waals surface area contributed by atoms with Crippen LogP contribution in [0.5, 0.6) is 0 Å². The fourth-order valence-corrected chi connectivity index (χ4v) is 1.90. The van der Waals surface area contributed by atoms with Gasteiger partial charge < -0.3 is 10.1 Å². The molecule has 98 valence electrons. The second-order valence-electron chi connectivity index (χ2n) is 4.90. The highest BCUT2D eigenvalue weighted by molar-refractivity contribution is 5.19. The van der Waals surface area contributed by atoms with E-state index in [2.05, 4.69) is 25.2 Å². The van der Waals surface area contributed by atoms with E-state index in [1.165, 1.54) is 0 Å². The van der Waals surface area contributed by atoms with Crippen molar-refractivity contribution in [3.05, 3.63) is 35.9 Å². The topological polar surface area (TPSA) is 45.0 Å². The lowest BCUT2D eigenvalue weighted by Gasteiger charge is -2.27. The van der Waals surface area contributed by atoms with Gasteiger partial charge in [-0.2, -0.15) is 5.26 Å². The van der Waals surface area contributed by atoms with Crippen LogP contribution in [0.1, 0.15) is 38.8 Å². The van der Waals surface area contributed by atoms with Crippen molar-refractivity contribution in [2.75, 3.05) is 13.2 Å². The maximum atomic E-state index is 8.91. The predicted molar refractivity (Wildman–Crippen MR) is 73.1 cm³/mol. The van der Waals surface area contributed by atoms with Gasteiger partial charge in [0.2, 0.25) is 0 Å². The van der Waals surface area contributed by atoms with Gasteiger partial charge in [-0.05, 0) is 26.3 Å². The molecule has 1 unspecified atom stereocenters. The van der Waals surface area contributed by atoms with Crippen LogP contribution in [0.15, 0.2) is 30.3 Å². The van der Waals surface area contributed by atoms with Crippen molar-refractivity contribution in [2.45, 2.75) is 38.8 Å². The lowest BCUT2D eigenvalue weighted by Crippen LogP contribution is -2.39. The minimum Gasteiger partial charge on any atom is -0.375 e. The number of nitrogens with zero attached hydrogens (tertiary/aromatic N) is 1. The molecule has 0 fully saturated rings. The van der Waals surface area contributed by atoms with Gasteiger partial charge in [-0.1, -0.05) is 30.3 Å². The number of benzene rings is 1. The Labute approximate surface area is 110 Å². The van der Waals surface area contributed by atoms with Crippen molar-refractivity contribution < 1.29 is 4.74 Å². The molecule has 0 aliphatic heterocycles. The van der Waals surface area contributed by atoms with E-state index in [-0.39, 0.29) is 11.6 Å². The molecule has 0 aromatic heterocycles. The average molecular weight is 246 g/mol. The summed E-state index contributed by atoms with van der Waals surface area (Å²) in [5.41, 5.74) is 0.934. The summed E-state index contributed by atoms with van der Waals surface area (Å²) in [6, 6.07) is 12.4. The zero-order chi connectivity index (χ0) is 13.4. The summed E-state index contributed by atoms with van der Waals surface area (Å²) in [7, 11) is 0. The second kappa shape index (κ2) is 7.15. The Hall–Kier alpha value is -1.37. The zero-order valence-electron chi connectivity index (χ0n) is 11.4. The van der Waals surface area contributed by atoms with Crippen molar-refractivity contribution >= 4 is 0 Å². The van der Waals surface area contributed by atoms with Crippen molar-refractivity contribution in [1.82, 2.24) is 5.32 Å². The average Bonchev–Trinajstić information content (AvgIpc) is 2.35. The van der Waals surface area contributed by atoms with Crippen molar-refractivity contribution in [3.8, 4) is 6.07 Å². The third kappa shape index (κ3) is 4.87. The van der Waals surface area contributed by atoms with Crippen LogP contribution in [-0.2, 0) is 4.74 Å². The summed E-state index contributed by atoms with van der Waals surface area (Å²) < 4.78 is 5.65. The van der Waals surface area contributed by atoms with E-state index < -0.39 is 0 Å². The Morgan fingerprint density at radius 2 is 2.00 bits per heavy atom. The molecule has 0 aliphatic carbocycles. The van der Waals surface area contributed by atoms with Gasteiger partial charge in [0.1, 0.15) is 0 Å². The van der Waals surface area contributed by atoms with Gasteiger partial charge in [0.25, 0.3) is 0 Å². The summed E-state index contributed by atoms with van der Waals surface area (Å²) in [6.45, 7) is 7.52. The fourth-order valence-electron chi connectivity index (χ4n) is 1.90. The SMILES string of the molecule is CCOC(C)(C)CNC(CC#N)c1ccccc1. The minimum absolute atomic E-state index is 0.0657. The molecule has 0 heterocycles. The van der Waals surface area contributed by atoms with Crippen LogP contribution in [0.2, 0.25) is 0 Å². The number of hydrogen-bond donors (Lipinski definition) is 1. The first kappa shape index (κ1) is 14.7. The van der Waals surface area contributed by atoms with E-state index in [0.29, 0.717) is 13.0 Å². The molecule has 1 aromatic carbocycles. The summed E-state index contributed by atoms with van der Waals surface area (Å²) in [5.74, 6) is 0. The molecule has 3 nitrogen and oxygen atoms in total. The highest BCUT2D eigenvalue weighted by atomic mass is 16.5. The lowest BCUT2D eigenvalue weighted by atomic mass is 10.0. The molecule has 0 radical (unpaired) electrons. The van der Waals surface area contributed by atoms with Crippen LogP contribution in [0.3, 0.4) is 0 Å². The Morgan fingerprint density at radius 1 is 1.33 bits per heavy atom. The number of hydrogen-bond acceptors (Lipinski definition) is 3. The van der Waals surface area contributed by atoms with Crippen LogP contribution < -0.4 is 5.32 Å². The molecule has 0 saturated carbocycles. The van der Waals surface area contributed by atoms with E-state index in [1.54, 1.807) is 0 Å². The predicted octanol–water partition coefficient (Wildman–Crippen LogP) is 3.05. The largest absolute Gasteiger partial charge is 0.375 e. The molecule has 1 atom stereocenters. The first-order chi connectivity index (χ1) is 8.59. The van der Waals surface area contributed by atoms with Gasteiger partial charge >= 0.3 is 0 Å². The van der Waals surface area contributed by atoms with Gasteiger partial charge in [-0.3, -0.25) is 0 Å². The quantitative estimate of drug-likeness (QED) is 0.804. The van der Waals surface area contributed by atoms with E-state index in [9.17, 15) is 0 Å². The minimum atomic E-state index is -0.211. The number of nitriles is 1. The molecule has 18 heavy (non-hydrogen) atoms.